The highest BCUT2D eigenvalue weighted by Crippen LogP contribution is 2.31. The number of carboxylic acids is 1. The number of hydrogen-bond donors (Lipinski definition) is 1. The molecular weight excluding hydrogens is 282 g/mol. The minimum absolute atomic E-state index is 0.218. The van der Waals surface area contributed by atoms with Crippen molar-refractivity contribution in [1.82, 2.24) is 4.90 Å². The van der Waals surface area contributed by atoms with Gasteiger partial charge in [-0.1, -0.05) is 18.2 Å². The maximum absolute atomic E-state index is 12.8. The average molecular weight is 301 g/mol. The number of furan rings is 1. The van der Waals surface area contributed by atoms with Gasteiger partial charge in [0.05, 0.1) is 5.92 Å². The van der Waals surface area contributed by atoms with Crippen LogP contribution in [0.15, 0.2) is 22.6 Å². The van der Waals surface area contributed by atoms with E-state index in [0.29, 0.717) is 18.7 Å². The molecule has 1 aliphatic heterocycles. The van der Waals surface area contributed by atoms with Crippen LogP contribution in [0.4, 0.5) is 0 Å². The molecule has 2 aromatic rings. The predicted molar refractivity (Wildman–Crippen MR) is 81.9 cm³/mol. The average Bonchev–Trinajstić information content (AvgIpc) is 3.01. The fourth-order valence-electron chi connectivity index (χ4n) is 3.28. The monoisotopic (exact) mass is 301 g/mol. The van der Waals surface area contributed by atoms with Crippen LogP contribution in [0, 0.1) is 19.8 Å². The second-order valence-electron chi connectivity index (χ2n) is 5.98. The molecule has 2 atom stereocenters. The molecule has 1 aliphatic rings. The lowest BCUT2D eigenvalue weighted by Gasteiger charge is -2.22. The van der Waals surface area contributed by atoms with E-state index >= 15 is 0 Å². The maximum atomic E-state index is 12.8. The van der Waals surface area contributed by atoms with Crippen LogP contribution < -0.4 is 0 Å². The van der Waals surface area contributed by atoms with E-state index in [4.69, 9.17) is 4.42 Å². The highest BCUT2D eigenvalue weighted by molar-refractivity contribution is 6.00. The van der Waals surface area contributed by atoms with Crippen LogP contribution in [-0.2, 0) is 4.79 Å². The van der Waals surface area contributed by atoms with Crippen molar-refractivity contribution in [3.63, 3.8) is 0 Å². The molecule has 0 aliphatic carbocycles. The van der Waals surface area contributed by atoms with Crippen molar-refractivity contribution in [1.29, 1.82) is 0 Å². The molecule has 0 spiro atoms. The van der Waals surface area contributed by atoms with Crippen LogP contribution in [0.5, 0.6) is 0 Å². The highest BCUT2D eigenvalue weighted by atomic mass is 16.4. The summed E-state index contributed by atoms with van der Waals surface area (Å²) in [5.41, 5.74) is 2.53. The number of nitrogens with zero attached hydrogens (tertiary/aromatic N) is 1. The molecule has 22 heavy (non-hydrogen) atoms. The van der Waals surface area contributed by atoms with Crippen molar-refractivity contribution in [3.8, 4) is 0 Å². The zero-order valence-electron chi connectivity index (χ0n) is 12.9. The van der Waals surface area contributed by atoms with Crippen molar-refractivity contribution in [2.75, 3.05) is 6.54 Å². The smallest absolute Gasteiger partial charge is 0.308 e. The number of benzene rings is 1. The van der Waals surface area contributed by atoms with Gasteiger partial charge < -0.3 is 14.4 Å². The molecule has 1 amide bonds. The number of amides is 1. The highest BCUT2D eigenvalue weighted by Gasteiger charge is 2.39. The van der Waals surface area contributed by atoms with Crippen molar-refractivity contribution in [2.45, 2.75) is 33.2 Å². The molecule has 2 unspecified atom stereocenters. The first-order chi connectivity index (χ1) is 10.4. The molecule has 116 valence electrons. The molecular formula is C17H19NO4. The number of carbonyl (C=O) groups is 2. The number of aryl methyl sites for hydroxylation is 2. The van der Waals surface area contributed by atoms with Gasteiger partial charge in [-0.2, -0.15) is 0 Å². The van der Waals surface area contributed by atoms with Gasteiger partial charge in [-0.15, -0.1) is 0 Å². The quantitative estimate of drug-likeness (QED) is 0.925. The van der Waals surface area contributed by atoms with Gasteiger partial charge in [-0.3, -0.25) is 9.59 Å². The molecule has 0 radical (unpaired) electrons. The van der Waals surface area contributed by atoms with E-state index in [1.807, 2.05) is 32.0 Å². The SMILES string of the molecule is Cc1c(C(=O)N2CCC(C(=O)O)C2C)oc2c(C)cccc12. The van der Waals surface area contributed by atoms with E-state index in [-0.39, 0.29) is 11.9 Å². The van der Waals surface area contributed by atoms with Crippen LogP contribution in [0.3, 0.4) is 0 Å². The zero-order chi connectivity index (χ0) is 16.0. The first-order valence-electron chi connectivity index (χ1n) is 7.44. The number of hydrogen-bond acceptors (Lipinski definition) is 3. The number of carbonyl (C=O) groups excluding carboxylic acids is 1. The third-order valence-electron chi connectivity index (χ3n) is 4.69. The van der Waals surface area contributed by atoms with Crippen LogP contribution >= 0.6 is 0 Å². The van der Waals surface area contributed by atoms with Crippen molar-refractivity contribution in [3.05, 3.63) is 35.1 Å². The van der Waals surface area contributed by atoms with E-state index in [2.05, 4.69) is 0 Å². The molecule has 5 nitrogen and oxygen atoms in total. The Balaban J connectivity index is 1.98. The van der Waals surface area contributed by atoms with Gasteiger partial charge >= 0.3 is 5.97 Å². The second kappa shape index (κ2) is 5.16. The number of aliphatic carboxylic acids is 1. The molecule has 5 heteroatoms. The molecule has 3 rings (SSSR count). The molecule has 0 bridgehead atoms. The van der Waals surface area contributed by atoms with Gasteiger partial charge in [0.1, 0.15) is 5.58 Å². The number of para-hydroxylation sites is 1. The van der Waals surface area contributed by atoms with Gasteiger partial charge in [0.25, 0.3) is 5.91 Å². The third-order valence-corrected chi connectivity index (χ3v) is 4.69. The largest absolute Gasteiger partial charge is 0.481 e. The molecule has 1 saturated heterocycles. The number of carboxylic acid groups (broad SMARTS) is 1. The van der Waals surface area contributed by atoms with Gasteiger partial charge in [-0.05, 0) is 32.8 Å². The Morgan fingerprint density at radius 3 is 2.64 bits per heavy atom. The molecule has 1 aromatic carbocycles. The Morgan fingerprint density at radius 2 is 2.05 bits per heavy atom. The lowest BCUT2D eigenvalue weighted by atomic mass is 10.0. The molecule has 2 heterocycles. The number of likely N-dealkylation sites (tertiary alicyclic amines) is 1. The lowest BCUT2D eigenvalue weighted by Crippen LogP contribution is -2.37. The van der Waals surface area contributed by atoms with Crippen LogP contribution in [-0.4, -0.2) is 34.5 Å². The summed E-state index contributed by atoms with van der Waals surface area (Å²) in [6.07, 6.45) is 0.487. The van der Waals surface area contributed by atoms with Gasteiger partial charge in [0.2, 0.25) is 0 Å². The Labute approximate surface area is 128 Å². The predicted octanol–water partition coefficient (Wildman–Crippen LogP) is 2.98. The summed E-state index contributed by atoms with van der Waals surface area (Å²) in [5, 5.41) is 10.1. The topological polar surface area (TPSA) is 70.8 Å². The van der Waals surface area contributed by atoms with E-state index < -0.39 is 11.9 Å². The second-order valence-corrected chi connectivity index (χ2v) is 5.98. The van der Waals surface area contributed by atoms with Gasteiger partial charge in [0.15, 0.2) is 5.76 Å². The Bertz CT molecular complexity index is 761. The third kappa shape index (κ3) is 2.08. The normalized spacial score (nSPS) is 21.5. The Kier molecular flexibility index (Phi) is 3.43. The number of fused-ring (bicyclic) bond motifs is 1. The van der Waals surface area contributed by atoms with Crippen molar-refractivity contribution < 1.29 is 19.1 Å². The molecule has 1 fully saturated rings. The Morgan fingerprint density at radius 1 is 1.32 bits per heavy atom. The van der Waals surface area contributed by atoms with Crippen molar-refractivity contribution >= 4 is 22.8 Å². The summed E-state index contributed by atoms with van der Waals surface area (Å²) in [7, 11) is 0. The van der Waals surface area contributed by atoms with Gasteiger partial charge in [0, 0.05) is 23.5 Å². The minimum atomic E-state index is -0.847. The standard InChI is InChI=1S/C17H19NO4/c1-9-5-4-6-12-10(2)15(22-14(9)12)16(19)18-8-7-13(11(18)3)17(20)21/h4-6,11,13H,7-8H2,1-3H3,(H,20,21). The summed E-state index contributed by atoms with van der Waals surface area (Å²) >= 11 is 0. The summed E-state index contributed by atoms with van der Waals surface area (Å²) in [6, 6.07) is 5.50. The molecule has 0 saturated carbocycles. The maximum Gasteiger partial charge on any atom is 0.308 e. The van der Waals surface area contributed by atoms with E-state index in [1.165, 1.54) is 0 Å². The summed E-state index contributed by atoms with van der Waals surface area (Å²) in [5.74, 6) is -1.25. The van der Waals surface area contributed by atoms with Crippen LogP contribution in [0.25, 0.3) is 11.0 Å². The fraction of sp³-hybridized carbons (Fsp3) is 0.412. The van der Waals surface area contributed by atoms with E-state index in [1.54, 1.807) is 11.8 Å². The van der Waals surface area contributed by atoms with Crippen LogP contribution in [0.1, 0.15) is 35.0 Å². The Hall–Kier alpha value is -2.30. The van der Waals surface area contributed by atoms with Crippen LogP contribution in [0.2, 0.25) is 0 Å². The van der Waals surface area contributed by atoms with E-state index in [9.17, 15) is 14.7 Å². The summed E-state index contributed by atoms with van der Waals surface area (Å²) in [4.78, 5) is 25.6. The number of rotatable bonds is 2. The van der Waals surface area contributed by atoms with Gasteiger partial charge in [-0.25, -0.2) is 0 Å². The lowest BCUT2D eigenvalue weighted by molar-refractivity contribution is -0.142. The summed E-state index contributed by atoms with van der Waals surface area (Å²) in [6.45, 7) is 6.05. The summed E-state index contributed by atoms with van der Waals surface area (Å²) < 4.78 is 5.81. The molecule has 1 N–H and O–H groups in total. The zero-order valence-corrected chi connectivity index (χ0v) is 12.9. The minimum Gasteiger partial charge on any atom is -0.481 e. The first-order valence-corrected chi connectivity index (χ1v) is 7.44. The van der Waals surface area contributed by atoms with Crippen molar-refractivity contribution in [2.24, 2.45) is 5.92 Å². The fourth-order valence-corrected chi connectivity index (χ4v) is 3.28. The van der Waals surface area contributed by atoms with E-state index in [0.717, 1.165) is 22.1 Å². The first kappa shape index (κ1) is 14.6. The molecule has 1 aromatic heterocycles.